The zero-order valence-electron chi connectivity index (χ0n) is 14.9. The molecule has 0 bridgehead atoms. The zero-order valence-corrected chi connectivity index (χ0v) is 15.7. The molecule has 1 aliphatic heterocycles. The van der Waals surface area contributed by atoms with Crippen LogP contribution in [-0.4, -0.2) is 39.6 Å². The summed E-state index contributed by atoms with van der Waals surface area (Å²) in [5, 5.41) is 3.02. The third-order valence-electron chi connectivity index (χ3n) is 5.04. The molecule has 2 N–H and O–H groups in total. The van der Waals surface area contributed by atoms with Crippen molar-refractivity contribution in [2.75, 3.05) is 13.2 Å². The second-order valence-corrected chi connectivity index (χ2v) is 8.77. The molecule has 27 heavy (non-hydrogen) atoms. The van der Waals surface area contributed by atoms with Gasteiger partial charge in [-0.2, -0.15) is 0 Å². The van der Waals surface area contributed by atoms with Crippen molar-refractivity contribution in [3.05, 3.63) is 65.2 Å². The van der Waals surface area contributed by atoms with E-state index in [9.17, 15) is 13.2 Å². The van der Waals surface area contributed by atoms with Crippen LogP contribution < -0.4 is 10.0 Å². The number of fused-ring (bicyclic) bond motifs is 1. The van der Waals surface area contributed by atoms with Gasteiger partial charge in [-0.3, -0.25) is 4.79 Å². The maximum Gasteiger partial charge on any atom is 0.251 e. The number of carbonyl (C=O) groups is 1. The molecular weight excluding hydrogens is 364 g/mol. The van der Waals surface area contributed by atoms with Crippen molar-refractivity contribution >= 4 is 15.9 Å². The average Bonchev–Trinajstić information content (AvgIpc) is 3.30. The first kappa shape index (κ1) is 18.2. The number of hydrogen-bond acceptors (Lipinski definition) is 4. The van der Waals surface area contributed by atoms with Crippen LogP contribution in [0, 0.1) is 0 Å². The topological polar surface area (TPSA) is 84.5 Å². The van der Waals surface area contributed by atoms with Gasteiger partial charge < -0.3 is 10.1 Å². The van der Waals surface area contributed by atoms with Crippen LogP contribution in [0.25, 0.3) is 0 Å². The van der Waals surface area contributed by atoms with Crippen molar-refractivity contribution < 1.29 is 17.9 Å². The molecule has 6 nitrogen and oxygen atoms in total. The lowest BCUT2D eigenvalue weighted by atomic mass is 10.1. The Labute approximate surface area is 159 Å². The highest BCUT2D eigenvalue weighted by molar-refractivity contribution is 7.89. The minimum atomic E-state index is -3.68. The van der Waals surface area contributed by atoms with Gasteiger partial charge in [-0.25, -0.2) is 13.1 Å². The summed E-state index contributed by atoms with van der Waals surface area (Å²) in [5.74, 6) is -0.256. The Morgan fingerprint density at radius 1 is 1.00 bits per heavy atom. The number of carbonyl (C=O) groups excluding carboxylic acids is 1. The van der Waals surface area contributed by atoms with Crippen molar-refractivity contribution in [3.8, 4) is 0 Å². The molecule has 2 aromatic rings. The minimum absolute atomic E-state index is 0.0314. The van der Waals surface area contributed by atoms with Crippen molar-refractivity contribution in [1.82, 2.24) is 10.0 Å². The standard InChI is InChI=1S/C20H22N2O4S/c23-20(21-18-10-14-4-1-2-5-15(14)11-18)16-6-3-7-19(12-16)27(24,25)22-17-8-9-26-13-17/h1-7,12,17-18,22H,8-11,13H2,(H,21,23). The smallest absolute Gasteiger partial charge is 0.251 e. The first-order chi connectivity index (χ1) is 13.0. The second kappa shape index (κ2) is 7.42. The van der Waals surface area contributed by atoms with Crippen molar-refractivity contribution in [1.29, 1.82) is 0 Å². The molecule has 2 aliphatic rings. The van der Waals surface area contributed by atoms with E-state index >= 15 is 0 Å². The Morgan fingerprint density at radius 2 is 1.74 bits per heavy atom. The van der Waals surface area contributed by atoms with E-state index in [0.717, 1.165) is 12.8 Å². The molecule has 142 valence electrons. The lowest BCUT2D eigenvalue weighted by molar-refractivity contribution is 0.0938. The number of hydrogen-bond donors (Lipinski definition) is 2. The summed E-state index contributed by atoms with van der Waals surface area (Å²) >= 11 is 0. The van der Waals surface area contributed by atoms with Crippen LogP contribution in [0.15, 0.2) is 53.4 Å². The first-order valence-corrected chi connectivity index (χ1v) is 10.6. The quantitative estimate of drug-likeness (QED) is 0.818. The number of amides is 1. The summed E-state index contributed by atoms with van der Waals surface area (Å²) in [6, 6.07) is 14.1. The maximum atomic E-state index is 12.6. The zero-order chi connectivity index (χ0) is 18.9. The van der Waals surface area contributed by atoms with Crippen LogP contribution in [0.3, 0.4) is 0 Å². The number of sulfonamides is 1. The monoisotopic (exact) mass is 386 g/mol. The van der Waals surface area contributed by atoms with Gasteiger partial charge in [-0.05, 0) is 48.6 Å². The Kier molecular flexibility index (Phi) is 4.99. The van der Waals surface area contributed by atoms with Gasteiger partial charge in [-0.15, -0.1) is 0 Å². The molecule has 0 saturated carbocycles. The Hall–Kier alpha value is -2.22. The van der Waals surface area contributed by atoms with Gasteiger partial charge in [0, 0.05) is 24.3 Å². The Balaban J connectivity index is 1.45. The predicted molar refractivity (Wildman–Crippen MR) is 101 cm³/mol. The van der Waals surface area contributed by atoms with Crippen LogP contribution in [0.4, 0.5) is 0 Å². The van der Waals surface area contributed by atoms with E-state index in [2.05, 4.69) is 22.2 Å². The molecule has 1 unspecified atom stereocenters. The van der Waals surface area contributed by atoms with E-state index in [-0.39, 0.29) is 22.9 Å². The SMILES string of the molecule is O=C(NC1Cc2ccccc2C1)c1cccc(S(=O)(=O)NC2CCOC2)c1. The fourth-order valence-corrected chi connectivity index (χ4v) is 4.95. The van der Waals surface area contributed by atoms with Gasteiger partial charge in [0.25, 0.3) is 5.91 Å². The third-order valence-corrected chi connectivity index (χ3v) is 6.56. The minimum Gasteiger partial charge on any atom is -0.380 e. The summed E-state index contributed by atoms with van der Waals surface area (Å²) in [7, 11) is -3.68. The molecule has 7 heteroatoms. The van der Waals surface area contributed by atoms with E-state index in [1.807, 2.05) is 12.1 Å². The van der Waals surface area contributed by atoms with Gasteiger partial charge in [0.15, 0.2) is 0 Å². The lowest BCUT2D eigenvalue weighted by Crippen LogP contribution is -2.36. The van der Waals surface area contributed by atoms with E-state index in [0.29, 0.717) is 25.2 Å². The van der Waals surface area contributed by atoms with Crippen LogP contribution in [0.5, 0.6) is 0 Å². The van der Waals surface area contributed by atoms with E-state index in [1.165, 1.54) is 23.3 Å². The van der Waals surface area contributed by atoms with Gasteiger partial charge >= 0.3 is 0 Å². The average molecular weight is 386 g/mol. The first-order valence-electron chi connectivity index (χ1n) is 9.09. The van der Waals surface area contributed by atoms with Gasteiger partial charge in [0.1, 0.15) is 0 Å². The third kappa shape index (κ3) is 4.05. The molecule has 0 radical (unpaired) electrons. The van der Waals surface area contributed by atoms with Gasteiger partial charge in [0.2, 0.25) is 10.0 Å². The highest BCUT2D eigenvalue weighted by atomic mass is 32.2. The van der Waals surface area contributed by atoms with Crippen LogP contribution in [0.2, 0.25) is 0 Å². The van der Waals surface area contributed by atoms with E-state index < -0.39 is 10.0 Å². The largest absolute Gasteiger partial charge is 0.380 e. The molecule has 1 atom stereocenters. The Morgan fingerprint density at radius 3 is 2.41 bits per heavy atom. The molecule has 0 aromatic heterocycles. The van der Waals surface area contributed by atoms with Gasteiger partial charge in [-0.1, -0.05) is 30.3 Å². The summed E-state index contributed by atoms with van der Waals surface area (Å²) in [4.78, 5) is 12.7. The van der Waals surface area contributed by atoms with E-state index in [1.54, 1.807) is 12.1 Å². The molecule has 1 aliphatic carbocycles. The summed E-state index contributed by atoms with van der Waals surface area (Å²) < 4.78 is 33.0. The van der Waals surface area contributed by atoms with Gasteiger partial charge in [0.05, 0.1) is 11.5 Å². The molecular formula is C20H22N2O4S. The Bertz CT molecular complexity index is 927. The van der Waals surface area contributed by atoms with Crippen LogP contribution in [0.1, 0.15) is 27.9 Å². The summed E-state index contributed by atoms with van der Waals surface area (Å²) in [6.45, 7) is 0.932. The molecule has 1 amide bonds. The van der Waals surface area contributed by atoms with Crippen LogP contribution >= 0.6 is 0 Å². The normalized spacial score (nSPS) is 19.8. The number of rotatable bonds is 5. The molecule has 0 spiro atoms. The molecule has 1 saturated heterocycles. The van der Waals surface area contributed by atoms with Crippen molar-refractivity contribution in [3.63, 3.8) is 0 Å². The highest BCUT2D eigenvalue weighted by Gasteiger charge is 2.25. The lowest BCUT2D eigenvalue weighted by Gasteiger charge is -2.14. The predicted octanol–water partition coefficient (Wildman–Crippen LogP) is 1.65. The molecule has 2 aromatic carbocycles. The summed E-state index contributed by atoms with van der Waals surface area (Å²) in [6.07, 6.45) is 2.24. The molecule has 1 fully saturated rings. The fourth-order valence-electron chi connectivity index (χ4n) is 3.65. The molecule has 1 heterocycles. The fraction of sp³-hybridized carbons (Fsp3) is 0.350. The summed E-state index contributed by atoms with van der Waals surface area (Å²) in [5.41, 5.74) is 2.85. The maximum absolute atomic E-state index is 12.6. The number of nitrogens with one attached hydrogen (secondary N) is 2. The second-order valence-electron chi connectivity index (χ2n) is 7.06. The van der Waals surface area contributed by atoms with Crippen LogP contribution in [-0.2, 0) is 27.6 Å². The van der Waals surface area contributed by atoms with Crippen molar-refractivity contribution in [2.45, 2.75) is 36.2 Å². The number of ether oxygens (including phenoxy) is 1. The molecule has 4 rings (SSSR count). The van der Waals surface area contributed by atoms with E-state index in [4.69, 9.17) is 4.74 Å². The van der Waals surface area contributed by atoms with Crippen molar-refractivity contribution in [2.24, 2.45) is 0 Å². The highest BCUT2D eigenvalue weighted by Crippen LogP contribution is 2.22. The number of benzene rings is 2.